The minimum absolute atomic E-state index is 0.00833. The lowest BCUT2D eigenvalue weighted by Crippen LogP contribution is -2.37. The summed E-state index contributed by atoms with van der Waals surface area (Å²) in [4.78, 5) is 14.4. The first-order chi connectivity index (χ1) is 8.63. The largest absolute Gasteiger partial charge is 0.382 e. The quantitative estimate of drug-likeness (QED) is 0.889. The van der Waals surface area contributed by atoms with E-state index in [1.807, 2.05) is 24.1 Å². The maximum atomic E-state index is 12.5. The van der Waals surface area contributed by atoms with Gasteiger partial charge in [-0.1, -0.05) is 25.1 Å². The predicted molar refractivity (Wildman–Crippen MR) is 74.8 cm³/mol. The van der Waals surface area contributed by atoms with Crippen molar-refractivity contribution in [2.45, 2.75) is 38.6 Å². The second-order valence-corrected chi connectivity index (χ2v) is 5.18. The molecule has 0 spiro atoms. The summed E-state index contributed by atoms with van der Waals surface area (Å²) < 4.78 is 0. The van der Waals surface area contributed by atoms with Gasteiger partial charge in [0, 0.05) is 25.3 Å². The molecule has 3 heteroatoms. The number of amides is 1. The number of carbonyl (C=O) groups is 1. The van der Waals surface area contributed by atoms with E-state index in [1.165, 1.54) is 0 Å². The maximum Gasteiger partial charge on any atom is 0.230 e. The monoisotopic (exact) mass is 246 g/mol. The summed E-state index contributed by atoms with van der Waals surface area (Å²) in [6.07, 6.45) is 1.88. The lowest BCUT2D eigenvalue weighted by Gasteiger charge is -2.32. The van der Waals surface area contributed by atoms with Gasteiger partial charge in [-0.2, -0.15) is 0 Å². The Morgan fingerprint density at radius 3 is 2.89 bits per heavy atom. The van der Waals surface area contributed by atoms with Crippen molar-refractivity contribution in [1.82, 2.24) is 4.90 Å². The molecule has 0 bridgehead atoms. The number of benzene rings is 1. The summed E-state index contributed by atoms with van der Waals surface area (Å²) >= 11 is 0. The highest BCUT2D eigenvalue weighted by molar-refractivity contribution is 5.86. The molecule has 3 nitrogen and oxygen atoms in total. The molecule has 98 valence electrons. The van der Waals surface area contributed by atoms with Gasteiger partial charge in [0.2, 0.25) is 5.91 Å². The van der Waals surface area contributed by atoms with Crippen LogP contribution in [0.3, 0.4) is 0 Å². The van der Waals surface area contributed by atoms with E-state index in [0.29, 0.717) is 6.04 Å². The SMILES string of the molecule is CCCN(C)C(=O)C1CC(C)Nc2ccccc21. The molecular weight excluding hydrogens is 224 g/mol. The molecule has 18 heavy (non-hydrogen) atoms. The van der Waals surface area contributed by atoms with E-state index in [4.69, 9.17) is 0 Å². The fraction of sp³-hybridized carbons (Fsp3) is 0.533. The highest BCUT2D eigenvalue weighted by atomic mass is 16.2. The topological polar surface area (TPSA) is 32.3 Å². The zero-order chi connectivity index (χ0) is 13.1. The van der Waals surface area contributed by atoms with Crippen molar-refractivity contribution < 1.29 is 4.79 Å². The molecule has 1 heterocycles. The van der Waals surface area contributed by atoms with Crippen LogP contribution in [0.4, 0.5) is 5.69 Å². The minimum atomic E-state index is 0.00833. The molecule has 1 N–H and O–H groups in total. The van der Waals surface area contributed by atoms with Gasteiger partial charge in [0.15, 0.2) is 0 Å². The van der Waals surface area contributed by atoms with Gasteiger partial charge in [-0.05, 0) is 31.4 Å². The van der Waals surface area contributed by atoms with Crippen LogP contribution in [0.5, 0.6) is 0 Å². The van der Waals surface area contributed by atoms with E-state index in [-0.39, 0.29) is 11.8 Å². The number of para-hydroxylation sites is 1. The van der Waals surface area contributed by atoms with Gasteiger partial charge in [0.1, 0.15) is 0 Å². The molecule has 1 aliphatic rings. The summed E-state index contributed by atoms with van der Waals surface area (Å²) in [6, 6.07) is 8.50. The molecule has 1 aliphatic heterocycles. The first-order valence-electron chi connectivity index (χ1n) is 6.74. The van der Waals surface area contributed by atoms with Crippen molar-refractivity contribution in [3.8, 4) is 0 Å². The lowest BCUT2D eigenvalue weighted by atomic mass is 9.86. The third-order valence-corrected chi connectivity index (χ3v) is 3.56. The Bertz CT molecular complexity index is 430. The molecule has 0 saturated heterocycles. The zero-order valence-corrected chi connectivity index (χ0v) is 11.4. The number of nitrogens with one attached hydrogen (secondary N) is 1. The van der Waals surface area contributed by atoms with Crippen LogP contribution in [-0.2, 0) is 4.79 Å². The van der Waals surface area contributed by atoms with Gasteiger partial charge in [0.25, 0.3) is 0 Å². The Labute approximate surface area is 109 Å². The van der Waals surface area contributed by atoms with E-state index < -0.39 is 0 Å². The first kappa shape index (κ1) is 12.9. The van der Waals surface area contributed by atoms with Crippen molar-refractivity contribution in [3.05, 3.63) is 29.8 Å². The zero-order valence-electron chi connectivity index (χ0n) is 11.4. The standard InChI is InChI=1S/C15H22N2O/c1-4-9-17(3)15(18)13-10-11(2)16-14-8-6-5-7-12(13)14/h5-8,11,13,16H,4,9-10H2,1-3H3. The molecule has 0 aromatic heterocycles. The van der Waals surface area contributed by atoms with E-state index in [2.05, 4.69) is 31.3 Å². The molecule has 0 fully saturated rings. The van der Waals surface area contributed by atoms with Crippen LogP contribution in [0.25, 0.3) is 0 Å². The average Bonchev–Trinajstić information content (AvgIpc) is 2.37. The molecule has 0 aliphatic carbocycles. The lowest BCUT2D eigenvalue weighted by molar-refractivity contribution is -0.131. The van der Waals surface area contributed by atoms with Crippen LogP contribution in [0.1, 0.15) is 38.2 Å². The van der Waals surface area contributed by atoms with Crippen LogP contribution in [-0.4, -0.2) is 30.4 Å². The Hall–Kier alpha value is -1.51. The third-order valence-electron chi connectivity index (χ3n) is 3.56. The molecule has 2 atom stereocenters. The molecule has 0 radical (unpaired) electrons. The predicted octanol–water partition coefficient (Wildman–Crippen LogP) is 2.84. The Morgan fingerprint density at radius 2 is 2.17 bits per heavy atom. The Morgan fingerprint density at radius 1 is 1.44 bits per heavy atom. The van der Waals surface area contributed by atoms with Gasteiger partial charge >= 0.3 is 0 Å². The Balaban J connectivity index is 2.26. The number of anilines is 1. The summed E-state index contributed by atoms with van der Waals surface area (Å²) in [5.74, 6) is 0.256. The van der Waals surface area contributed by atoms with Crippen LogP contribution in [0.2, 0.25) is 0 Å². The number of nitrogens with zero attached hydrogens (tertiary/aromatic N) is 1. The summed E-state index contributed by atoms with van der Waals surface area (Å²) in [7, 11) is 1.90. The third kappa shape index (κ3) is 2.50. The molecule has 1 aromatic carbocycles. The molecule has 1 aromatic rings. The second-order valence-electron chi connectivity index (χ2n) is 5.18. The van der Waals surface area contributed by atoms with Gasteiger partial charge in [-0.25, -0.2) is 0 Å². The van der Waals surface area contributed by atoms with Gasteiger partial charge in [-0.15, -0.1) is 0 Å². The summed E-state index contributed by atoms with van der Waals surface area (Å²) in [6.45, 7) is 5.07. The maximum absolute atomic E-state index is 12.5. The first-order valence-corrected chi connectivity index (χ1v) is 6.74. The number of likely N-dealkylation sites (N-methyl/N-ethyl adjacent to an activating group) is 1. The van der Waals surface area contributed by atoms with Crippen molar-refractivity contribution in [2.75, 3.05) is 18.9 Å². The summed E-state index contributed by atoms with van der Waals surface area (Å²) in [5, 5.41) is 3.44. The number of hydrogen-bond donors (Lipinski definition) is 1. The van der Waals surface area contributed by atoms with E-state index in [1.54, 1.807) is 0 Å². The molecule has 2 rings (SSSR count). The number of hydrogen-bond acceptors (Lipinski definition) is 2. The molecule has 2 unspecified atom stereocenters. The van der Waals surface area contributed by atoms with Crippen molar-refractivity contribution >= 4 is 11.6 Å². The Kier molecular flexibility index (Phi) is 3.90. The molecular formula is C15H22N2O. The van der Waals surface area contributed by atoms with Crippen molar-refractivity contribution in [1.29, 1.82) is 0 Å². The van der Waals surface area contributed by atoms with E-state index >= 15 is 0 Å². The minimum Gasteiger partial charge on any atom is -0.382 e. The molecule has 0 saturated carbocycles. The van der Waals surface area contributed by atoms with E-state index in [9.17, 15) is 4.79 Å². The van der Waals surface area contributed by atoms with Crippen molar-refractivity contribution in [3.63, 3.8) is 0 Å². The van der Waals surface area contributed by atoms with E-state index in [0.717, 1.165) is 30.6 Å². The smallest absolute Gasteiger partial charge is 0.230 e. The van der Waals surface area contributed by atoms with Crippen LogP contribution < -0.4 is 5.32 Å². The highest BCUT2D eigenvalue weighted by Gasteiger charge is 2.30. The molecule has 1 amide bonds. The fourth-order valence-electron chi connectivity index (χ4n) is 2.68. The van der Waals surface area contributed by atoms with Gasteiger partial charge in [0.05, 0.1) is 5.92 Å². The van der Waals surface area contributed by atoms with Gasteiger partial charge in [-0.3, -0.25) is 4.79 Å². The van der Waals surface area contributed by atoms with Crippen molar-refractivity contribution in [2.24, 2.45) is 0 Å². The summed E-state index contributed by atoms with van der Waals surface area (Å²) in [5.41, 5.74) is 2.25. The fourth-order valence-corrected chi connectivity index (χ4v) is 2.68. The number of carbonyl (C=O) groups excluding carboxylic acids is 1. The van der Waals surface area contributed by atoms with Crippen LogP contribution in [0.15, 0.2) is 24.3 Å². The highest BCUT2D eigenvalue weighted by Crippen LogP contribution is 2.35. The van der Waals surface area contributed by atoms with Crippen LogP contribution >= 0.6 is 0 Å². The average molecular weight is 246 g/mol. The number of fused-ring (bicyclic) bond motifs is 1. The van der Waals surface area contributed by atoms with Gasteiger partial charge < -0.3 is 10.2 Å². The number of rotatable bonds is 3. The normalized spacial score (nSPS) is 21.9. The second kappa shape index (κ2) is 5.42. The van der Waals surface area contributed by atoms with Crippen LogP contribution in [0, 0.1) is 0 Å².